The standard InChI is InChI=1S/C16H25FN2.ClH/c1-12(2)10-16(19-8-6-18-7-9-19)15-5-4-14(17)11-13(15)3;/h4-5,11-12,16,18H,6-10H2,1-3H3;1H/t16-;/m1./s1. The molecule has 0 bridgehead atoms. The Morgan fingerprint density at radius 2 is 1.90 bits per heavy atom. The Labute approximate surface area is 128 Å². The van der Waals surface area contributed by atoms with E-state index in [-0.39, 0.29) is 18.2 Å². The number of rotatable bonds is 4. The van der Waals surface area contributed by atoms with E-state index >= 15 is 0 Å². The molecule has 0 aromatic heterocycles. The lowest BCUT2D eigenvalue weighted by atomic mass is 9.92. The van der Waals surface area contributed by atoms with Crippen LogP contribution in [-0.4, -0.2) is 31.1 Å². The lowest BCUT2D eigenvalue weighted by molar-refractivity contribution is 0.153. The molecule has 114 valence electrons. The average molecular weight is 301 g/mol. The van der Waals surface area contributed by atoms with Crippen LogP contribution in [0.3, 0.4) is 0 Å². The molecule has 1 N–H and O–H groups in total. The van der Waals surface area contributed by atoms with Crippen LogP contribution in [0.2, 0.25) is 0 Å². The summed E-state index contributed by atoms with van der Waals surface area (Å²) >= 11 is 0. The van der Waals surface area contributed by atoms with E-state index in [1.807, 2.05) is 13.0 Å². The van der Waals surface area contributed by atoms with E-state index in [1.54, 1.807) is 12.1 Å². The van der Waals surface area contributed by atoms with Crippen LogP contribution in [0, 0.1) is 18.7 Å². The summed E-state index contributed by atoms with van der Waals surface area (Å²) in [5.41, 5.74) is 2.36. The molecule has 4 heteroatoms. The van der Waals surface area contributed by atoms with Crippen LogP contribution in [0.4, 0.5) is 4.39 Å². The molecule has 1 fully saturated rings. The third-order valence-corrected chi connectivity index (χ3v) is 3.88. The van der Waals surface area contributed by atoms with Crippen molar-refractivity contribution in [1.29, 1.82) is 0 Å². The van der Waals surface area contributed by atoms with E-state index < -0.39 is 0 Å². The topological polar surface area (TPSA) is 15.3 Å². The van der Waals surface area contributed by atoms with Gasteiger partial charge in [-0.1, -0.05) is 19.9 Å². The van der Waals surface area contributed by atoms with Gasteiger partial charge in [0.15, 0.2) is 0 Å². The van der Waals surface area contributed by atoms with E-state index in [0.717, 1.165) is 38.2 Å². The van der Waals surface area contributed by atoms with Crippen LogP contribution in [0.1, 0.15) is 37.4 Å². The number of halogens is 2. The van der Waals surface area contributed by atoms with Gasteiger partial charge in [-0.2, -0.15) is 0 Å². The largest absolute Gasteiger partial charge is 0.314 e. The number of nitrogens with zero attached hydrogens (tertiary/aromatic N) is 1. The van der Waals surface area contributed by atoms with Gasteiger partial charge >= 0.3 is 0 Å². The zero-order valence-electron chi connectivity index (χ0n) is 12.7. The first-order valence-corrected chi connectivity index (χ1v) is 7.28. The number of hydrogen-bond donors (Lipinski definition) is 1. The maximum absolute atomic E-state index is 13.3. The molecule has 20 heavy (non-hydrogen) atoms. The average Bonchev–Trinajstić information content (AvgIpc) is 2.37. The zero-order chi connectivity index (χ0) is 13.8. The van der Waals surface area contributed by atoms with Crippen molar-refractivity contribution in [1.82, 2.24) is 10.2 Å². The summed E-state index contributed by atoms with van der Waals surface area (Å²) in [6.07, 6.45) is 1.13. The first-order valence-electron chi connectivity index (χ1n) is 7.28. The van der Waals surface area contributed by atoms with Crippen LogP contribution in [0.25, 0.3) is 0 Å². The predicted molar refractivity (Wildman–Crippen MR) is 85.0 cm³/mol. The molecule has 2 nitrogen and oxygen atoms in total. The summed E-state index contributed by atoms with van der Waals surface area (Å²) in [5, 5.41) is 3.40. The summed E-state index contributed by atoms with van der Waals surface area (Å²) in [6.45, 7) is 10.8. The van der Waals surface area contributed by atoms with Gasteiger partial charge < -0.3 is 5.32 Å². The Bertz CT molecular complexity index is 417. The Hall–Kier alpha value is -0.640. The summed E-state index contributed by atoms with van der Waals surface area (Å²) in [7, 11) is 0. The van der Waals surface area contributed by atoms with Crippen molar-refractivity contribution in [3.05, 3.63) is 35.1 Å². The minimum Gasteiger partial charge on any atom is -0.314 e. The fraction of sp³-hybridized carbons (Fsp3) is 0.625. The highest BCUT2D eigenvalue weighted by molar-refractivity contribution is 5.85. The fourth-order valence-electron chi connectivity index (χ4n) is 2.93. The third-order valence-electron chi connectivity index (χ3n) is 3.88. The van der Waals surface area contributed by atoms with Crippen LogP contribution in [0.15, 0.2) is 18.2 Å². The molecule has 0 radical (unpaired) electrons. The second-order valence-electron chi connectivity index (χ2n) is 5.93. The van der Waals surface area contributed by atoms with Gasteiger partial charge in [0.2, 0.25) is 0 Å². The number of aryl methyl sites for hydroxylation is 1. The van der Waals surface area contributed by atoms with E-state index in [1.165, 1.54) is 5.56 Å². The monoisotopic (exact) mass is 300 g/mol. The summed E-state index contributed by atoms with van der Waals surface area (Å²) in [4.78, 5) is 2.54. The molecule has 1 atom stereocenters. The molecule has 1 aliphatic heterocycles. The molecule has 0 amide bonds. The highest BCUT2D eigenvalue weighted by atomic mass is 35.5. The zero-order valence-corrected chi connectivity index (χ0v) is 13.5. The number of piperazine rings is 1. The Balaban J connectivity index is 0.00000200. The van der Waals surface area contributed by atoms with E-state index in [0.29, 0.717) is 12.0 Å². The molecular formula is C16H26ClFN2. The summed E-state index contributed by atoms with van der Waals surface area (Å²) in [5.74, 6) is 0.509. The van der Waals surface area contributed by atoms with E-state index in [2.05, 4.69) is 24.1 Å². The van der Waals surface area contributed by atoms with Crippen molar-refractivity contribution in [2.24, 2.45) is 5.92 Å². The molecule has 0 aliphatic carbocycles. The maximum Gasteiger partial charge on any atom is 0.123 e. The van der Waals surface area contributed by atoms with Gasteiger partial charge in [0.05, 0.1) is 0 Å². The fourth-order valence-corrected chi connectivity index (χ4v) is 2.93. The lowest BCUT2D eigenvalue weighted by Crippen LogP contribution is -2.45. The Morgan fingerprint density at radius 1 is 1.25 bits per heavy atom. The molecular weight excluding hydrogens is 275 g/mol. The molecule has 2 rings (SSSR count). The van der Waals surface area contributed by atoms with Crippen LogP contribution >= 0.6 is 12.4 Å². The second kappa shape index (κ2) is 7.96. The molecule has 0 unspecified atom stereocenters. The number of nitrogens with one attached hydrogen (secondary N) is 1. The second-order valence-corrected chi connectivity index (χ2v) is 5.93. The van der Waals surface area contributed by atoms with Crippen molar-refractivity contribution >= 4 is 12.4 Å². The number of hydrogen-bond acceptors (Lipinski definition) is 2. The van der Waals surface area contributed by atoms with Gasteiger partial charge in [-0.05, 0) is 42.5 Å². The molecule has 0 saturated carbocycles. The van der Waals surface area contributed by atoms with Gasteiger partial charge in [-0.3, -0.25) is 4.90 Å². The lowest BCUT2D eigenvalue weighted by Gasteiger charge is -2.37. The van der Waals surface area contributed by atoms with Crippen molar-refractivity contribution < 1.29 is 4.39 Å². The van der Waals surface area contributed by atoms with Gasteiger partial charge in [0.25, 0.3) is 0 Å². The van der Waals surface area contributed by atoms with E-state index in [4.69, 9.17) is 0 Å². The smallest absolute Gasteiger partial charge is 0.123 e. The highest BCUT2D eigenvalue weighted by Crippen LogP contribution is 2.30. The van der Waals surface area contributed by atoms with E-state index in [9.17, 15) is 4.39 Å². The molecule has 1 aliphatic rings. The summed E-state index contributed by atoms with van der Waals surface area (Å²) < 4.78 is 13.3. The first kappa shape index (κ1) is 17.4. The third kappa shape index (κ3) is 4.44. The minimum atomic E-state index is -0.134. The van der Waals surface area contributed by atoms with Crippen LogP contribution in [-0.2, 0) is 0 Å². The quantitative estimate of drug-likeness (QED) is 0.915. The van der Waals surface area contributed by atoms with Crippen molar-refractivity contribution in [2.45, 2.75) is 33.2 Å². The number of benzene rings is 1. The first-order chi connectivity index (χ1) is 9.08. The van der Waals surface area contributed by atoms with Crippen LogP contribution < -0.4 is 5.32 Å². The van der Waals surface area contributed by atoms with Crippen LogP contribution in [0.5, 0.6) is 0 Å². The van der Waals surface area contributed by atoms with Crippen molar-refractivity contribution in [3.63, 3.8) is 0 Å². The maximum atomic E-state index is 13.3. The molecule has 1 aromatic rings. The van der Waals surface area contributed by atoms with Crippen molar-refractivity contribution in [2.75, 3.05) is 26.2 Å². The summed E-state index contributed by atoms with van der Waals surface area (Å²) in [6, 6.07) is 5.64. The molecule has 1 aromatic carbocycles. The highest BCUT2D eigenvalue weighted by Gasteiger charge is 2.24. The molecule has 1 saturated heterocycles. The Kier molecular flexibility index (Phi) is 6.93. The molecule has 0 spiro atoms. The van der Waals surface area contributed by atoms with Gasteiger partial charge in [0.1, 0.15) is 5.82 Å². The SMILES string of the molecule is Cc1cc(F)ccc1[C@@H](CC(C)C)N1CCNCC1.Cl. The normalized spacial score (nSPS) is 17.9. The van der Waals surface area contributed by atoms with Crippen molar-refractivity contribution in [3.8, 4) is 0 Å². The van der Waals surface area contributed by atoms with Gasteiger partial charge in [0, 0.05) is 32.2 Å². The molecule has 1 heterocycles. The van der Waals surface area contributed by atoms with Gasteiger partial charge in [-0.15, -0.1) is 12.4 Å². The predicted octanol–water partition coefficient (Wildman–Crippen LogP) is 3.55. The van der Waals surface area contributed by atoms with Gasteiger partial charge in [-0.25, -0.2) is 4.39 Å². The Morgan fingerprint density at radius 3 is 2.45 bits per heavy atom. The minimum absolute atomic E-state index is 0.